The molecule has 0 aliphatic carbocycles. The first-order valence-electron chi connectivity index (χ1n) is 9.18. The van der Waals surface area contributed by atoms with Crippen molar-refractivity contribution in [2.24, 2.45) is 0 Å². The van der Waals surface area contributed by atoms with Gasteiger partial charge in [0.05, 0.1) is 13.0 Å². The van der Waals surface area contributed by atoms with Gasteiger partial charge in [0.1, 0.15) is 22.7 Å². The van der Waals surface area contributed by atoms with E-state index in [4.69, 9.17) is 13.9 Å². The lowest BCUT2D eigenvalue weighted by molar-refractivity contribution is -0.133. The summed E-state index contributed by atoms with van der Waals surface area (Å²) in [7, 11) is 0. The Morgan fingerprint density at radius 3 is 2.59 bits per heavy atom. The van der Waals surface area contributed by atoms with Gasteiger partial charge in [-0.2, -0.15) is 0 Å². The highest BCUT2D eigenvalue weighted by Gasteiger charge is 2.24. The minimum absolute atomic E-state index is 0.196. The average Bonchev–Trinajstić information content (AvgIpc) is 3.36. The molecule has 6 heteroatoms. The van der Waals surface area contributed by atoms with Gasteiger partial charge in [-0.25, -0.2) is 4.79 Å². The van der Waals surface area contributed by atoms with Gasteiger partial charge in [0, 0.05) is 15.8 Å². The van der Waals surface area contributed by atoms with Crippen molar-refractivity contribution in [1.82, 2.24) is 0 Å². The zero-order valence-electron chi connectivity index (χ0n) is 15.7. The maximum absolute atomic E-state index is 12.7. The molecule has 0 aliphatic rings. The van der Waals surface area contributed by atoms with E-state index in [0.717, 1.165) is 10.4 Å². The van der Waals surface area contributed by atoms with E-state index >= 15 is 0 Å². The van der Waals surface area contributed by atoms with Crippen molar-refractivity contribution in [2.75, 3.05) is 6.61 Å². The van der Waals surface area contributed by atoms with E-state index in [1.807, 2.05) is 47.8 Å². The smallest absolute Gasteiger partial charge is 0.342 e. The Morgan fingerprint density at radius 2 is 1.86 bits per heavy atom. The zero-order chi connectivity index (χ0) is 20.2. The first-order valence-corrected chi connectivity index (χ1v) is 10.1. The monoisotopic (exact) mass is 406 g/mol. The second kappa shape index (κ2) is 8.32. The molecule has 0 saturated carbocycles. The van der Waals surface area contributed by atoms with Crippen molar-refractivity contribution in [2.45, 2.75) is 13.3 Å². The first kappa shape index (κ1) is 19.0. The zero-order valence-corrected chi connectivity index (χ0v) is 16.5. The molecule has 5 nitrogen and oxygen atoms in total. The molecule has 0 N–H and O–H groups in total. The number of thiophene rings is 1. The Balaban J connectivity index is 1.72. The largest absolute Gasteiger partial charge is 0.462 e. The van der Waals surface area contributed by atoms with Crippen LogP contribution in [0.3, 0.4) is 0 Å². The molecule has 0 aliphatic heterocycles. The fourth-order valence-electron chi connectivity index (χ4n) is 3.06. The summed E-state index contributed by atoms with van der Waals surface area (Å²) in [5, 5.41) is 2.46. The predicted octanol–water partition coefficient (Wildman–Crippen LogP) is 5.49. The lowest BCUT2D eigenvalue weighted by Gasteiger charge is -2.05. The van der Waals surface area contributed by atoms with Crippen molar-refractivity contribution in [3.05, 3.63) is 76.5 Å². The molecule has 2 aromatic heterocycles. The van der Waals surface area contributed by atoms with Gasteiger partial charge in [0.25, 0.3) is 0 Å². The first-order chi connectivity index (χ1) is 14.2. The summed E-state index contributed by atoms with van der Waals surface area (Å²) in [5.74, 6) is -0.0606. The molecular formula is C23H18O5S. The fraction of sp³-hybridized carbons (Fsp3) is 0.130. The number of benzene rings is 2. The van der Waals surface area contributed by atoms with Gasteiger partial charge < -0.3 is 13.9 Å². The summed E-state index contributed by atoms with van der Waals surface area (Å²) in [6.45, 7) is 2.00. The summed E-state index contributed by atoms with van der Waals surface area (Å²) in [5.41, 5.74) is 1.61. The Bertz CT molecular complexity index is 1140. The molecule has 0 bridgehead atoms. The van der Waals surface area contributed by atoms with Crippen molar-refractivity contribution in [1.29, 1.82) is 0 Å². The number of furan rings is 1. The lowest BCUT2D eigenvalue weighted by Crippen LogP contribution is -2.10. The summed E-state index contributed by atoms with van der Waals surface area (Å²) in [6, 6.07) is 18.1. The molecule has 2 heterocycles. The number of hydrogen-bond donors (Lipinski definition) is 0. The van der Waals surface area contributed by atoms with Crippen LogP contribution in [0.2, 0.25) is 0 Å². The maximum atomic E-state index is 12.7. The third-order valence-electron chi connectivity index (χ3n) is 4.31. The number of rotatable bonds is 6. The Labute approximate surface area is 171 Å². The number of esters is 2. The Kier molecular flexibility index (Phi) is 5.44. The van der Waals surface area contributed by atoms with Crippen molar-refractivity contribution < 1.29 is 23.5 Å². The normalized spacial score (nSPS) is 10.8. The van der Waals surface area contributed by atoms with Crippen LogP contribution in [-0.2, 0) is 16.0 Å². The van der Waals surface area contributed by atoms with E-state index in [-0.39, 0.29) is 19.0 Å². The quantitative estimate of drug-likeness (QED) is 0.313. The van der Waals surface area contributed by atoms with Gasteiger partial charge >= 0.3 is 11.9 Å². The molecule has 0 saturated heterocycles. The SMILES string of the molecule is CCOC(=O)c1c(-c2ccccc2)oc2ccc(OC(=O)Cc3cccs3)cc12. The van der Waals surface area contributed by atoms with E-state index in [1.54, 1.807) is 25.1 Å². The Hall–Kier alpha value is -3.38. The number of carbonyl (C=O) groups excluding carboxylic acids is 2. The van der Waals surface area contributed by atoms with Gasteiger partial charge in [-0.3, -0.25) is 4.79 Å². The average molecular weight is 406 g/mol. The van der Waals surface area contributed by atoms with Crippen LogP contribution in [0.1, 0.15) is 22.2 Å². The second-order valence-electron chi connectivity index (χ2n) is 6.28. The molecule has 0 amide bonds. The van der Waals surface area contributed by atoms with Crippen LogP contribution in [0.4, 0.5) is 0 Å². The minimum Gasteiger partial charge on any atom is -0.462 e. The lowest BCUT2D eigenvalue weighted by atomic mass is 10.1. The highest BCUT2D eigenvalue weighted by atomic mass is 32.1. The minimum atomic E-state index is -0.479. The van der Waals surface area contributed by atoms with E-state index in [1.165, 1.54) is 11.3 Å². The molecule has 0 fully saturated rings. The van der Waals surface area contributed by atoms with Crippen LogP contribution in [-0.4, -0.2) is 18.5 Å². The molecule has 0 unspecified atom stereocenters. The second-order valence-corrected chi connectivity index (χ2v) is 7.31. The molecule has 4 aromatic rings. The van der Waals surface area contributed by atoms with Crippen molar-refractivity contribution in [3.8, 4) is 17.1 Å². The van der Waals surface area contributed by atoms with Crippen LogP contribution >= 0.6 is 11.3 Å². The third kappa shape index (κ3) is 4.07. The van der Waals surface area contributed by atoms with Gasteiger partial charge in [-0.15, -0.1) is 11.3 Å². The van der Waals surface area contributed by atoms with Crippen molar-refractivity contribution >= 4 is 34.2 Å². The number of carbonyl (C=O) groups is 2. The van der Waals surface area contributed by atoms with Crippen LogP contribution < -0.4 is 4.74 Å². The molecule has 4 rings (SSSR count). The summed E-state index contributed by atoms with van der Waals surface area (Å²) in [6.07, 6.45) is 0.196. The molecule has 29 heavy (non-hydrogen) atoms. The van der Waals surface area contributed by atoms with Crippen LogP contribution in [0.5, 0.6) is 5.75 Å². The molecule has 0 atom stereocenters. The number of ether oxygens (including phenoxy) is 2. The van der Waals surface area contributed by atoms with Gasteiger partial charge in [-0.05, 0) is 36.6 Å². The highest BCUT2D eigenvalue weighted by molar-refractivity contribution is 7.10. The third-order valence-corrected chi connectivity index (χ3v) is 5.18. The topological polar surface area (TPSA) is 65.7 Å². The maximum Gasteiger partial charge on any atom is 0.342 e. The van der Waals surface area contributed by atoms with Crippen LogP contribution in [0.15, 0.2) is 70.5 Å². The van der Waals surface area contributed by atoms with E-state index in [9.17, 15) is 9.59 Å². The van der Waals surface area contributed by atoms with Gasteiger partial charge in [0.2, 0.25) is 0 Å². The number of fused-ring (bicyclic) bond motifs is 1. The highest BCUT2D eigenvalue weighted by Crippen LogP contribution is 2.36. The van der Waals surface area contributed by atoms with Crippen LogP contribution in [0.25, 0.3) is 22.3 Å². The summed E-state index contributed by atoms with van der Waals surface area (Å²) < 4.78 is 16.7. The number of hydrogen-bond acceptors (Lipinski definition) is 6. The summed E-state index contributed by atoms with van der Waals surface area (Å²) in [4.78, 5) is 25.8. The molecule has 0 radical (unpaired) electrons. The molecular weight excluding hydrogens is 388 g/mol. The van der Waals surface area contributed by atoms with Crippen LogP contribution in [0, 0.1) is 0 Å². The predicted molar refractivity (Wildman–Crippen MR) is 111 cm³/mol. The molecule has 0 spiro atoms. The fourth-order valence-corrected chi connectivity index (χ4v) is 3.75. The van der Waals surface area contributed by atoms with Crippen molar-refractivity contribution in [3.63, 3.8) is 0 Å². The molecule has 2 aromatic carbocycles. The van der Waals surface area contributed by atoms with E-state index in [0.29, 0.717) is 28.0 Å². The summed E-state index contributed by atoms with van der Waals surface area (Å²) >= 11 is 1.50. The van der Waals surface area contributed by atoms with E-state index < -0.39 is 5.97 Å². The molecule has 146 valence electrons. The van der Waals surface area contributed by atoms with E-state index in [2.05, 4.69) is 0 Å². The van der Waals surface area contributed by atoms with Gasteiger partial charge in [-0.1, -0.05) is 36.4 Å². The standard InChI is InChI=1S/C23H18O5S/c1-2-26-23(25)21-18-13-16(27-20(24)14-17-9-6-12-29-17)10-11-19(18)28-22(21)15-7-4-3-5-8-15/h3-13H,2,14H2,1H3. The Morgan fingerprint density at radius 1 is 1.03 bits per heavy atom. The van der Waals surface area contributed by atoms with Gasteiger partial charge in [0.15, 0.2) is 0 Å².